The lowest BCUT2D eigenvalue weighted by Crippen LogP contribution is -2.17. The lowest BCUT2D eigenvalue weighted by Gasteiger charge is -2.18. The van der Waals surface area contributed by atoms with Gasteiger partial charge in [0.25, 0.3) is 0 Å². The van der Waals surface area contributed by atoms with Gasteiger partial charge in [0.1, 0.15) is 5.56 Å². The van der Waals surface area contributed by atoms with E-state index in [2.05, 4.69) is 6.58 Å². The Labute approximate surface area is 243 Å². The molecule has 0 aliphatic carbocycles. The van der Waals surface area contributed by atoms with E-state index in [0.29, 0.717) is 6.42 Å². The third-order valence-corrected chi connectivity index (χ3v) is 6.34. The third kappa shape index (κ3) is 8.21. The molecule has 0 aliphatic heterocycles. The first-order chi connectivity index (χ1) is 19.8. The van der Waals surface area contributed by atoms with Crippen molar-refractivity contribution in [2.45, 2.75) is 47.2 Å². The molecule has 0 radical (unpaired) electrons. The molecule has 0 unspecified atom stereocenters. The van der Waals surface area contributed by atoms with Gasteiger partial charge in [-0.3, -0.25) is 0 Å². The number of rotatable bonds is 10. The Hall–Kier alpha value is -4.13. The van der Waals surface area contributed by atoms with Gasteiger partial charge in [-0.2, -0.15) is 13.2 Å². The summed E-state index contributed by atoms with van der Waals surface area (Å²) >= 11 is 0. The Morgan fingerprint density at radius 2 is 1.29 bits per heavy atom. The minimum Gasteiger partial charge on any atom is -0.203 e. The Bertz CT molecular complexity index is 1480. The Balaban J connectivity index is 2.46. The molecule has 222 valence electrons. The van der Waals surface area contributed by atoms with E-state index in [0.717, 1.165) is 22.3 Å². The summed E-state index contributed by atoms with van der Waals surface area (Å²) in [6, 6.07) is 9.88. The van der Waals surface area contributed by atoms with E-state index in [1.54, 1.807) is 25.2 Å². The minimum absolute atomic E-state index is 0.190. The van der Waals surface area contributed by atoms with Gasteiger partial charge in [0.15, 0.2) is 23.3 Å². The van der Waals surface area contributed by atoms with Crippen molar-refractivity contribution in [1.29, 1.82) is 0 Å². The van der Waals surface area contributed by atoms with Crippen LogP contribution in [0.15, 0.2) is 114 Å². The molecule has 0 amide bonds. The summed E-state index contributed by atoms with van der Waals surface area (Å²) in [5.41, 5.74) is 0.491. The van der Waals surface area contributed by atoms with Gasteiger partial charge in [-0.1, -0.05) is 91.6 Å². The van der Waals surface area contributed by atoms with Crippen LogP contribution in [-0.2, 0) is 6.18 Å². The van der Waals surface area contributed by atoms with E-state index in [1.165, 1.54) is 32.1 Å². The first-order valence-electron chi connectivity index (χ1n) is 13.1. The first-order valence-corrected chi connectivity index (χ1v) is 13.1. The molecule has 2 aromatic carbocycles. The van der Waals surface area contributed by atoms with Crippen LogP contribution in [0.3, 0.4) is 0 Å². The molecule has 0 aromatic heterocycles. The number of allylic oxidation sites excluding steroid dienone is 15. The van der Waals surface area contributed by atoms with Gasteiger partial charge in [-0.15, -0.1) is 0 Å². The van der Waals surface area contributed by atoms with Crippen LogP contribution in [-0.4, -0.2) is 0 Å². The average Bonchev–Trinajstić information content (AvgIpc) is 2.92. The largest absolute Gasteiger partial charge is 0.422 e. The number of alkyl halides is 3. The second kappa shape index (κ2) is 15.2. The van der Waals surface area contributed by atoms with Crippen LogP contribution in [0.25, 0.3) is 11.1 Å². The highest BCUT2D eigenvalue weighted by Gasteiger charge is 2.42. The SMILES string of the molecule is C=C/C=C(C)/C(=C(C)/C=C\C/C=C/C=C(C)/C(=C(C)/C=C\C)c1c(F)c(F)c(C(F)(F)F)c(F)c1F)c1ccccc1. The monoisotopic (exact) mass is 586 g/mol. The summed E-state index contributed by atoms with van der Waals surface area (Å²) in [5.74, 6) is -9.21. The minimum atomic E-state index is -5.62. The van der Waals surface area contributed by atoms with Crippen molar-refractivity contribution in [3.05, 3.63) is 154 Å². The zero-order valence-electron chi connectivity index (χ0n) is 24.1. The van der Waals surface area contributed by atoms with Crippen LogP contribution in [0, 0.1) is 23.3 Å². The fraction of sp³-hybridized carbons (Fsp3) is 0.200. The number of benzene rings is 2. The number of hydrogen-bond acceptors (Lipinski definition) is 0. The lowest BCUT2D eigenvalue weighted by molar-refractivity contribution is -0.143. The standard InChI is InChI=1S/C35H33F7/c1-7-16-22(3)27(26-20-14-11-15-21-26)24(5)18-12-9-10-13-19-25(6)28(23(4)17-8-2)29-31(36)33(38)30(35(40,41)42)34(39)32(29)37/h7-8,10-21H,1,9H2,2-6H3/b13-10+,17-8-,18-12-,22-16+,25-19+,27-24-,28-23-. The fourth-order valence-electron chi connectivity index (χ4n) is 4.55. The molecular formula is C35H33F7. The summed E-state index contributed by atoms with van der Waals surface area (Å²) in [4.78, 5) is 0. The van der Waals surface area contributed by atoms with Crippen LogP contribution >= 0.6 is 0 Å². The van der Waals surface area contributed by atoms with E-state index in [1.807, 2.05) is 62.4 Å². The molecule has 0 bridgehead atoms. The maximum atomic E-state index is 14.9. The van der Waals surface area contributed by atoms with E-state index >= 15 is 0 Å². The van der Waals surface area contributed by atoms with Crippen molar-refractivity contribution in [1.82, 2.24) is 0 Å². The molecule has 0 atom stereocenters. The number of hydrogen-bond donors (Lipinski definition) is 0. The normalized spacial score (nSPS) is 14.7. The van der Waals surface area contributed by atoms with Gasteiger partial charge in [-0.25, -0.2) is 17.6 Å². The molecule has 0 nitrogen and oxygen atoms in total. The quantitative estimate of drug-likeness (QED) is 0.148. The van der Waals surface area contributed by atoms with E-state index in [9.17, 15) is 30.7 Å². The lowest BCUT2D eigenvalue weighted by atomic mass is 9.91. The molecule has 0 N–H and O–H groups in total. The van der Waals surface area contributed by atoms with Crippen LogP contribution < -0.4 is 0 Å². The Kier molecular flexibility index (Phi) is 12.3. The average molecular weight is 587 g/mol. The van der Waals surface area contributed by atoms with Gasteiger partial charge in [-0.05, 0) is 80.0 Å². The predicted molar refractivity (Wildman–Crippen MR) is 158 cm³/mol. The number of halogens is 7. The van der Waals surface area contributed by atoms with E-state index < -0.39 is 40.6 Å². The van der Waals surface area contributed by atoms with Crippen molar-refractivity contribution in [3.8, 4) is 0 Å². The molecule has 7 heteroatoms. The molecule has 2 rings (SSSR count). The van der Waals surface area contributed by atoms with Crippen molar-refractivity contribution in [3.63, 3.8) is 0 Å². The maximum absolute atomic E-state index is 14.9. The maximum Gasteiger partial charge on any atom is 0.422 e. The van der Waals surface area contributed by atoms with Gasteiger partial charge in [0, 0.05) is 0 Å². The summed E-state index contributed by atoms with van der Waals surface area (Å²) in [7, 11) is 0. The highest BCUT2D eigenvalue weighted by Crippen LogP contribution is 2.40. The third-order valence-electron chi connectivity index (χ3n) is 6.34. The molecule has 2 aromatic rings. The summed E-state index contributed by atoms with van der Waals surface area (Å²) in [6.45, 7) is 12.2. The van der Waals surface area contributed by atoms with E-state index in [-0.39, 0.29) is 16.7 Å². The van der Waals surface area contributed by atoms with Gasteiger partial charge in [0.05, 0.1) is 5.56 Å². The van der Waals surface area contributed by atoms with Crippen LogP contribution in [0.4, 0.5) is 30.7 Å². The highest BCUT2D eigenvalue weighted by molar-refractivity contribution is 5.84. The second-order valence-corrected chi connectivity index (χ2v) is 9.49. The fourth-order valence-corrected chi connectivity index (χ4v) is 4.55. The zero-order chi connectivity index (χ0) is 31.6. The molecule has 0 spiro atoms. The van der Waals surface area contributed by atoms with Gasteiger partial charge >= 0.3 is 6.18 Å². The molecule has 0 heterocycles. The second-order valence-electron chi connectivity index (χ2n) is 9.49. The summed E-state index contributed by atoms with van der Waals surface area (Å²) in [5, 5.41) is 0. The molecule has 0 fully saturated rings. The Morgan fingerprint density at radius 3 is 1.81 bits per heavy atom. The molecule has 0 saturated heterocycles. The van der Waals surface area contributed by atoms with Gasteiger partial charge < -0.3 is 0 Å². The van der Waals surface area contributed by atoms with Crippen molar-refractivity contribution in [2.75, 3.05) is 0 Å². The predicted octanol–water partition coefficient (Wildman–Crippen LogP) is 11.7. The van der Waals surface area contributed by atoms with Crippen LogP contribution in [0.1, 0.15) is 57.7 Å². The van der Waals surface area contributed by atoms with Crippen LogP contribution in [0.5, 0.6) is 0 Å². The molecular weight excluding hydrogens is 553 g/mol. The smallest absolute Gasteiger partial charge is 0.203 e. The Morgan fingerprint density at radius 1 is 0.738 bits per heavy atom. The summed E-state index contributed by atoms with van der Waals surface area (Å²) in [6.07, 6.45) is 10.2. The van der Waals surface area contributed by atoms with Crippen molar-refractivity contribution < 1.29 is 30.7 Å². The highest BCUT2D eigenvalue weighted by atomic mass is 19.4. The van der Waals surface area contributed by atoms with Crippen molar-refractivity contribution >= 4 is 11.1 Å². The molecule has 42 heavy (non-hydrogen) atoms. The molecule has 0 aliphatic rings. The molecule has 0 saturated carbocycles. The van der Waals surface area contributed by atoms with Crippen molar-refractivity contribution in [2.24, 2.45) is 0 Å². The van der Waals surface area contributed by atoms with Gasteiger partial charge in [0.2, 0.25) is 0 Å². The van der Waals surface area contributed by atoms with Crippen LogP contribution in [0.2, 0.25) is 0 Å². The summed E-state index contributed by atoms with van der Waals surface area (Å²) < 4.78 is 97.8. The topological polar surface area (TPSA) is 0 Å². The van der Waals surface area contributed by atoms with E-state index in [4.69, 9.17) is 0 Å². The first kappa shape index (κ1) is 34.1. The zero-order valence-corrected chi connectivity index (χ0v) is 24.1.